The highest BCUT2D eigenvalue weighted by Gasteiger charge is 2.34. The smallest absolute Gasteiger partial charge is 0.395 e. The molecule has 0 aliphatic heterocycles. The largest absolute Gasteiger partial charge is 0.401 e. The first-order valence-electron chi connectivity index (χ1n) is 6.75. The highest BCUT2D eigenvalue weighted by atomic mass is 19.4. The second kappa shape index (κ2) is 8.07. The number of hydrogen-bond donors (Lipinski definition) is 2. The molecule has 0 bridgehead atoms. The van der Waals surface area contributed by atoms with Crippen LogP contribution in [0, 0.1) is 5.41 Å². The molecule has 0 aromatic rings. The van der Waals surface area contributed by atoms with E-state index in [0.29, 0.717) is 19.1 Å². The van der Waals surface area contributed by atoms with E-state index in [0.717, 1.165) is 6.42 Å². The average molecular weight is 284 g/mol. The number of halogens is 3. The van der Waals surface area contributed by atoms with Gasteiger partial charge in [0.1, 0.15) is 0 Å². The minimum absolute atomic E-state index is 0.0524. The molecule has 0 spiro atoms. The Hall–Kier alpha value is -0.330. The van der Waals surface area contributed by atoms with Crippen molar-refractivity contribution in [3.63, 3.8) is 0 Å². The summed E-state index contributed by atoms with van der Waals surface area (Å²) in [6.07, 6.45) is -3.44. The van der Waals surface area contributed by atoms with E-state index >= 15 is 0 Å². The van der Waals surface area contributed by atoms with E-state index < -0.39 is 12.7 Å². The lowest BCUT2D eigenvalue weighted by Gasteiger charge is -2.36. The molecular formula is C13H27F3N2O. The van der Waals surface area contributed by atoms with E-state index in [9.17, 15) is 13.2 Å². The molecule has 0 aromatic carbocycles. The quantitative estimate of drug-likeness (QED) is 0.682. The maximum Gasteiger partial charge on any atom is 0.401 e. The van der Waals surface area contributed by atoms with Crippen LogP contribution in [0.4, 0.5) is 13.2 Å². The zero-order chi connectivity index (χ0) is 15.1. The summed E-state index contributed by atoms with van der Waals surface area (Å²) in [5.41, 5.74) is -0.231. The fraction of sp³-hybridized carbons (Fsp3) is 1.00. The number of nitrogens with one attached hydrogen (secondary N) is 1. The summed E-state index contributed by atoms with van der Waals surface area (Å²) in [7, 11) is 0. The first kappa shape index (κ1) is 18.7. The molecule has 0 aromatic heterocycles. The molecule has 0 saturated carbocycles. The van der Waals surface area contributed by atoms with Gasteiger partial charge in [0.2, 0.25) is 0 Å². The molecule has 1 unspecified atom stereocenters. The van der Waals surface area contributed by atoms with Gasteiger partial charge in [-0.15, -0.1) is 0 Å². The molecule has 0 rings (SSSR count). The van der Waals surface area contributed by atoms with Gasteiger partial charge in [-0.1, -0.05) is 27.7 Å². The summed E-state index contributed by atoms with van der Waals surface area (Å²) in [6, 6.07) is 0.305. The Balaban J connectivity index is 4.57. The maximum atomic E-state index is 12.5. The molecule has 0 radical (unpaired) electrons. The van der Waals surface area contributed by atoms with E-state index in [1.807, 2.05) is 27.7 Å². The summed E-state index contributed by atoms with van der Waals surface area (Å²) in [6.45, 7) is 7.80. The molecule has 19 heavy (non-hydrogen) atoms. The highest BCUT2D eigenvalue weighted by molar-refractivity contribution is 4.81. The number of alkyl halides is 3. The first-order valence-corrected chi connectivity index (χ1v) is 6.75. The van der Waals surface area contributed by atoms with Crippen LogP contribution < -0.4 is 5.32 Å². The standard InChI is InChI=1S/C13H27F3N2O/c1-5-12(4,8-17-11(2)3)9-18(6-7-19)10-13(14,15)16/h11,17,19H,5-10H2,1-4H3. The van der Waals surface area contributed by atoms with E-state index in [-0.39, 0.29) is 18.6 Å². The van der Waals surface area contributed by atoms with Gasteiger partial charge in [0.15, 0.2) is 0 Å². The lowest BCUT2D eigenvalue weighted by atomic mass is 9.86. The van der Waals surface area contributed by atoms with E-state index in [1.165, 1.54) is 4.90 Å². The number of hydrogen-bond acceptors (Lipinski definition) is 3. The zero-order valence-electron chi connectivity index (χ0n) is 12.3. The highest BCUT2D eigenvalue weighted by Crippen LogP contribution is 2.24. The monoisotopic (exact) mass is 284 g/mol. The lowest BCUT2D eigenvalue weighted by molar-refractivity contribution is -0.149. The molecule has 1 atom stereocenters. The molecule has 0 fully saturated rings. The van der Waals surface area contributed by atoms with Gasteiger partial charge in [-0.05, 0) is 11.8 Å². The molecule has 0 aliphatic rings. The fourth-order valence-corrected chi connectivity index (χ4v) is 1.89. The summed E-state index contributed by atoms with van der Waals surface area (Å²) in [4.78, 5) is 1.28. The van der Waals surface area contributed by atoms with Crippen molar-refractivity contribution in [2.45, 2.75) is 46.3 Å². The van der Waals surface area contributed by atoms with Crippen LogP contribution in [0.25, 0.3) is 0 Å². The van der Waals surface area contributed by atoms with Crippen LogP contribution in [-0.2, 0) is 0 Å². The molecule has 3 nitrogen and oxygen atoms in total. The van der Waals surface area contributed by atoms with Crippen LogP contribution in [0.1, 0.15) is 34.1 Å². The number of aliphatic hydroxyl groups is 1. The van der Waals surface area contributed by atoms with Gasteiger partial charge < -0.3 is 10.4 Å². The second-order valence-electron chi connectivity index (χ2n) is 5.75. The van der Waals surface area contributed by atoms with Crippen molar-refractivity contribution < 1.29 is 18.3 Å². The van der Waals surface area contributed by atoms with Gasteiger partial charge in [0, 0.05) is 25.7 Å². The van der Waals surface area contributed by atoms with Crippen molar-refractivity contribution in [2.24, 2.45) is 5.41 Å². The maximum absolute atomic E-state index is 12.5. The van der Waals surface area contributed by atoms with Crippen LogP contribution in [0.3, 0.4) is 0 Å². The van der Waals surface area contributed by atoms with Gasteiger partial charge in [0.05, 0.1) is 13.2 Å². The fourth-order valence-electron chi connectivity index (χ4n) is 1.89. The summed E-state index contributed by atoms with van der Waals surface area (Å²) >= 11 is 0. The van der Waals surface area contributed by atoms with Crippen molar-refractivity contribution >= 4 is 0 Å². The number of aliphatic hydroxyl groups excluding tert-OH is 1. The van der Waals surface area contributed by atoms with E-state index in [2.05, 4.69) is 5.32 Å². The zero-order valence-corrected chi connectivity index (χ0v) is 12.3. The Bertz CT molecular complexity index is 247. The SMILES string of the molecule is CCC(C)(CNC(C)C)CN(CCO)CC(F)(F)F. The van der Waals surface area contributed by atoms with Crippen molar-refractivity contribution in [1.82, 2.24) is 10.2 Å². The van der Waals surface area contributed by atoms with Gasteiger partial charge in [-0.3, -0.25) is 4.90 Å². The van der Waals surface area contributed by atoms with Crippen LogP contribution in [0.15, 0.2) is 0 Å². The third-order valence-electron chi connectivity index (χ3n) is 3.22. The third-order valence-corrected chi connectivity index (χ3v) is 3.22. The summed E-state index contributed by atoms with van der Waals surface area (Å²) in [5.74, 6) is 0. The Morgan fingerprint density at radius 1 is 1.21 bits per heavy atom. The molecule has 0 saturated heterocycles. The predicted octanol–water partition coefficient (Wildman–Crippen LogP) is 2.26. The van der Waals surface area contributed by atoms with Gasteiger partial charge in [-0.2, -0.15) is 13.2 Å². The third kappa shape index (κ3) is 9.24. The normalized spacial score (nSPS) is 16.1. The Labute approximate surface area is 114 Å². The molecule has 0 aliphatic carbocycles. The number of rotatable bonds is 9. The van der Waals surface area contributed by atoms with Crippen LogP contribution in [0.5, 0.6) is 0 Å². The molecule has 0 amide bonds. The molecule has 2 N–H and O–H groups in total. The Morgan fingerprint density at radius 2 is 1.79 bits per heavy atom. The van der Waals surface area contributed by atoms with Crippen LogP contribution >= 0.6 is 0 Å². The van der Waals surface area contributed by atoms with Gasteiger partial charge in [0.25, 0.3) is 0 Å². The van der Waals surface area contributed by atoms with Crippen LogP contribution in [-0.4, -0.2) is 55.0 Å². The second-order valence-corrected chi connectivity index (χ2v) is 5.75. The Morgan fingerprint density at radius 3 is 2.16 bits per heavy atom. The molecular weight excluding hydrogens is 257 g/mol. The van der Waals surface area contributed by atoms with Gasteiger partial charge in [-0.25, -0.2) is 0 Å². The van der Waals surface area contributed by atoms with E-state index in [4.69, 9.17) is 5.11 Å². The topological polar surface area (TPSA) is 35.5 Å². The average Bonchev–Trinajstić information content (AvgIpc) is 2.24. The summed E-state index contributed by atoms with van der Waals surface area (Å²) < 4.78 is 37.5. The minimum Gasteiger partial charge on any atom is -0.395 e. The van der Waals surface area contributed by atoms with Crippen molar-refractivity contribution in [2.75, 3.05) is 32.8 Å². The predicted molar refractivity (Wildman–Crippen MR) is 71.1 cm³/mol. The van der Waals surface area contributed by atoms with Crippen LogP contribution in [0.2, 0.25) is 0 Å². The Kier molecular flexibility index (Phi) is 7.93. The lowest BCUT2D eigenvalue weighted by Crippen LogP contribution is -2.47. The minimum atomic E-state index is -4.23. The van der Waals surface area contributed by atoms with Crippen molar-refractivity contribution in [3.05, 3.63) is 0 Å². The molecule has 0 heterocycles. The molecule has 6 heteroatoms. The molecule has 116 valence electrons. The van der Waals surface area contributed by atoms with Crippen molar-refractivity contribution in [1.29, 1.82) is 0 Å². The first-order chi connectivity index (χ1) is 8.62. The number of nitrogens with zero attached hydrogens (tertiary/aromatic N) is 1. The van der Waals surface area contributed by atoms with Gasteiger partial charge >= 0.3 is 6.18 Å². The van der Waals surface area contributed by atoms with E-state index in [1.54, 1.807) is 0 Å². The summed E-state index contributed by atoms with van der Waals surface area (Å²) in [5, 5.41) is 12.2. The van der Waals surface area contributed by atoms with Crippen molar-refractivity contribution in [3.8, 4) is 0 Å².